The molecular formula is C17H13BrNO3-. The van der Waals surface area contributed by atoms with E-state index in [-0.39, 0.29) is 11.3 Å². The summed E-state index contributed by atoms with van der Waals surface area (Å²) >= 11 is 3.32. The fourth-order valence-electron chi connectivity index (χ4n) is 1.85. The Morgan fingerprint density at radius 2 is 1.55 bits per heavy atom. The summed E-state index contributed by atoms with van der Waals surface area (Å²) in [5, 5.41) is 13.7. The minimum atomic E-state index is -1.22. The van der Waals surface area contributed by atoms with Gasteiger partial charge in [-0.25, -0.2) is 0 Å². The van der Waals surface area contributed by atoms with Crippen molar-refractivity contribution in [3.63, 3.8) is 0 Å². The van der Waals surface area contributed by atoms with E-state index in [1.165, 1.54) is 18.2 Å². The molecule has 2 rings (SSSR count). The van der Waals surface area contributed by atoms with Gasteiger partial charge in [0.15, 0.2) is 5.78 Å². The molecule has 0 radical (unpaired) electrons. The number of halogens is 1. The highest BCUT2D eigenvalue weighted by Crippen LogP contribution is 2.14. The molecule has 1 N–H and O–H groups in total. The van der Waals surface area contributed by atoms with E-state index >= 15 is 0 Å². The fourth-order valence-corrected chi connectivity index (χ4v) is 2.11. The van der Waals surface area contributed by atoms with E-state index < -0.39 is 5.97 Å². The van der Waals surface area contributed by atoms with Crippen molar-refractivity contribution in [2.75, 3.05) is 5.32 Å². The summed E-state index contributed by atoms with van der Waals surface area (Å²) in [6, 6.07) is 13.2. The van der Waals surface area contributed by atoms with Gasteiger partial charge in [0.2, 0.25) is 0 Å². The van der Waals surface area contributed by atoms with Crippen LogP contribution in [-0.4, -0.2) is 11.8 Å². The van der Waals surface area contributed by atoms with Crippen LogP contribution in [0.25, 0.3) is 0 Å². The minimum absolute atomic E-state index is 0.108. The molecule has 112 valence electrons. The Balaban J connectivity index is 2.07. The summed E-state index contributed by atoms with van der Waals surface area (Å²) in [7, 11) is 0. The Bertz CT molecular complexity index is 719. The van der Waals surface area contributed by atoms with Gasteiger partial charge in [-0.1, -0.05) is 28.1 Å². The zero-order chi connectivity index (χ0) is 16.1. The van der Waals surface area contributed by atoms with Crippen LogP contribution in [0.3, 0.4) is 0 Å². The largest absolute Gasteiger partial charge is 0.545 e. The van der Waals surface area contributed by atoms with Gasteiger partial charge in [0.05, 0.1) is 5.97 Å². The molecule has 0 unspecified atom stereocenters. The summed E-state index contributed by atoms with van der Waals surface area (Å²) in [5.41, 5.74) is 2.06. The fraction of sp³-hybridized carbons (Fsp3) is 0.0588. The van der Waals surface area contributed by atoms with Crippen LogP contribution in [0.2, 0.25) is 0 Å². The zero-order valence-corrected chi connectivity index (χ0v) is 13.4. The summed E-state index contributed by atoms with van der Waals surface area (Å²) in [4.78, 5) is 22.8. The highest BCUT2D eigenvalue weighted by atomic mass is 79.9. The van der Waals surface area contributed by atoms with Gasteiger partial charge in [0, 0.05) is 27.5 Å². The number of hydrogen-bond donors (Lipinski definition) is 1. The first-order chi connectivity index (χ1) is 10.5. The van der Waals surface area contributed by atoms with Crippen LogP contribution in [0.4, 0.5) is 5.69 Å². The average Bonchev–Trinajstić information content (AvgIpc) is 2.48. The molecule has 0 fully saturated rings. The molecule has 0 atom stereocenters. The number of carboxylic acid groups (broad SMARTS) is 1. The van der Waals surface area contributed by atoms with Crippen molar-refractivity contribution in [1.29, 1.82) is 0 Å². The van der Waals surface area contributed by atoms with E-state index in [1.54, 1.807) is 31.2 Å². The number of anilines is 1. The molecular weight excluding hydrogens is 346 g/mol. The molecule has 0 saturated heterocycles. The van der Waals surface area contributed by atoms with Crippen LogP contribution in [0, 0.1) is 0 Å². The Labute approximate surface area is 136 Å². The molecule has 0 aliphatic carbocycles. The van der Waals surface area contributed by atoms with Gasteiger partial charge >= 0.3 is 0 Å². The standard InChI is InChI=1S/C17H14BrNO3/c1-11(10-16(20)12-2-6-14(18)7-3-12)19-15-8-4-13(5-9-15)17(21)22/h2-10,19H,1H3,(H,21,22)/p-1/b11-10+. The highest BCUT2D eigenvalue weighted by molar-refractivity contribution is 9.10. The monoisotopic (exact) mass is 358 g/mol. The van der Waals surface area contributed by atoms with Crippen molar-refractivity contribution in [1.82, 2.24) is 0 Å². The van der Waals surface area contributed by atoms with Crippen LogP contribution in [-0.2, 0) is 0 Å². The summed E-state index contributed by atoms with van der Waals surface area (Å²) < 4.78 is 0.913. The smallest absolute Gasteiger partial charge is 0.187 e. The van der Waals surface area contributed by atoms with E-state index in [4.69, 9.17) is 0 Å². The lowest BCUT2D eigenvalue weighted by Gasteiger charge is -2.08. The number of benzene rings is 2. The molecule has 0 spiro atoms. The molecule has 2 aromatic rings. The van der Waals surface area contributed by atoms with Crippen LogP contribution >= 0.6 is 15.9 Å². The van der Waals surface area contributed by atoms with E-state index in [2.05, 4.69) is 21.2 Å². The minimum Gasteiger partial charge on any atom is -0.545 e. The topological polar surface area (TPSA) is 69.2 Å². The first-order valence-corrected chi connectivity index (χ1v) is 7.31. The predicted molar refractivity (Wildman–Crippen MR) is 86.6 cm³/mol. The Kier molecular flexibility index (Phi) is 5.12. The second kappa shape index (κ2) is 7.04. The SMILES string of the molecule is C/C(=C\C(=O)c1ccc(Br)cc1)Nc1ccc(C(=O)[O-])cc1. The van der Waals surface area contributed by atoms with Gasteiger partial charge in [-0.05, 0) is 48.9 Å². The summed E-state index contributed by atoms with van der Waals surface area (Å²) in [6.07, 6.45) is 1.50. The number of allylic oxidation sites excluding steroid dienone is 2. The number of nitrogens with one attached hydrogen (secondary N) is 1. The summed E-state index contributed by atoms with van der Waals surface area (Å²) in [5.74, 6) is -1.33. The molecule has 2 aromatic carbocycles. The molecule has 0 amide bonds. The lowest BCUT2D eigenvalue weighted by Crippen LogP contribution is -2.21. The molecule has 0 heterocycles. The summed E-state index contributed by atoms with van der Waals surface area (Å²) in [6.45, 7) is 1.77. The first-order valence-electron chi connectivity index (χ1n) is 6.52. The zero-order valence-electron chi connectivity index (χ0n) is 11.8. The Morgan fingerprint density at radius 1 is 1.00 bits per heavy atom. The van der Waals surface area contributed by atoms with Crippen molar-refractivity contribution in [3.8, 4) is 0 Å². The van der Waals surface area contributed by atoms with Gasteiger partial charge in [-0.3, -0.25) is 4.79 Å². The number of carbonyl (C=O) groups is 2. The number of aromatic carboxylic acids is 1. The first kappa shape index (κ1) is 16.0. The van der Waals surface area contributed by atoms with Crippen molar-refractivity contribution < 1.29 is 14.7 Å². The van der Waals surface area contributed by atoms with Crippen molar-refractivity contribution in [2.24, 2.45) is 0 Å². The molecule has 0 aliphatic rings. The molecule has 0 aliphatic heterocycles. The lowest BCUT2D eigenvalue weighted by atomic mass is 10.1. The molecule has 0 saturated carbocycles. The van der Waals surface area contributed by atoms with Crippen molar-refractivity contribution in [2.45, 2.75) is 6.92 Å². The highest BCUT2D eigenvalue weighted by Gasteiger charge is 2.03. The maximum absolute atomic E-state index is 12.1. The van der Waals surface area contributed by atoms with E-state index in [0.29, 0.717) is 16.9 Å². The van der Waals surface area contributed by atoms with Crippen molar-refractivity contribution in [3.05, 3.63) is 75.9 Å². The third-order valence-corrected chi connectivity index (χ3v) is 3.47. The number of carboxylic acids is 1. The van der Waals surface area contributed by atoms with E-state index in [9.17, 15) is 14.7 Å². The maximum Gasteiger partial charge on any atom is 0.187 e. The van der Waals surface area contributed by atoms with Gasteiger partial charge < -0.3 is 15.2 Å². The van der Waals surface area contributed by atoms with Crippen LogP contribution in [0.1, 0.15) is 27.6 Å². The number of rotatable bonds is 5. The van der Waals surface area contributed by atoms with Crippen LogP contribution in [0.15, 0.2) is 64.8 Å². The normalized spacial score (nSPS) is 11.1. The molecule has 5 heteroatoms. The molecule has 22 heavy (non-hydrogen) atoms. The number of hydrogen-bond acceptors (Lipinski definition) is 4. The molecule has 0 bridgehead atoms. The van der Waals surface area contributed by atoms with Crippen LogP contribution in [0.5, 0.6) is 0 Å². The third kappa shape index (κ3) is 4.30. The predicted octanol–water partition coefficient (Wildman–Crippen LogP) is 3.01. The van der Waals surface area contributed by atoms with Crippen molar-refractivity contribution >= 4 is 33.4 Å². The van der Waals surface area contributed by atoms with Gasteiger partial charge in [-0.2, -0.15) is 0 Å². The molecule has 0 aromatic heterocycles. The third-order valence-electron chi connectivity index (χ3n) is 2.94. The quantitative estimate of drug-likeness (QED) is 0.658. The second-order valence-electron chi connectivity index (χ2n) is 4.69. The van der Waals surface area contributed by atoms with E-state index in [0.717, 1.165) is 4.47 Å². The second-order valence-corrected chi connectivity index (χ2v) is 5.60. The maximum atomic E-state index is 12.1. The van der Waals surface area contributed by atoms with Gasteiger partial charge in [-0.15, -0.1) is 0 Å². The average molecular weight is 359 g/mol. The van der Waals surface area contributed by atoms with E-state index in [1.807, 2.05) is 12.1 Å². The Hall–Kier alpha value is -2.40. The van der Waals surface area contributed by atoms with Crippen LogP contribution < -0.4 is 10.4 Å². The lowest BCUT2D eigenvalue weighted by molar-refractivity contribution is -0.255. The van der Waals surface area contributed by atoms with Gasteiger partial charge in [0.1, 0.15) is 0 Å². The number of carbonyl (C=O) groups excluding carboxylic acids is 2. The Morgan fingerprint density at radius 3 is 2.09 bits per heavy atom. The molecule has 4 nitrogen and oxygen atoms in total. The number of ketones is 1. The van der Waals surface area contributed by atoms with Gasteiger partial charge in [0.25, 0.3) is 0 Å².